The summed E-state index contributed by atoms with van der Waals surface area (Å²) in [5, 5.41) is 0. The molecule has 0 bridgehead atoms. The predicted octanol–water partition coefficient (Wildman–Crippen LogP) is 5.89. The minimum atomic E-state index is 0. The molecule has 0 N–H and O–H groups in total. The van der Waals surface area contributed by atoms with Gasteiger partial charge in [-0.25, -0.2) is 0 Å². The van der Waals surface area contributed by atoms with Crippen molar-refractivity contribution >= 4 is 12.2 Å². The van der Waals surface area contributed by atoms with Crippen molar-refractivity contribution in [3.8, 4) is 0 Å². The highest BCUT2D eigenvalue weighted by atomic mass is 14.0. The SMILES string of the molecule is C.C.C=Cc1cc(C)c(C)cc1C=C.CC. The first-order chi connectivity index (χ1) is 6.69. The van der Waals surface area contributed by atoms with Gasteiger partial charge in [-0.05, 0) is 36.1 Å². The van der Waals surface area contributed by atoms with Crippen molar-refractivity contribution in [1.82, 2.24) is 0 Å². The Morgan fingerprint density at radius 2 is 1.06 bits per heavy atom. The normalized spacial score (nSPS) is 7.50. The van der Waals surface area contributed by atoms with Crippen molar-refractivity contribution in [3.05, 3.63) is 47.5 Å². The molecule has 0 aliphatic heterocycles. The fourth-order valence-corrected chi connectivity index (χ4v) is 1.21. The van der Waals surface area contributed by atoms with Gasteiger partial charge in [0.1, 0.15) is 0 Å². The molecular formula is C16H28. The molecule has 0 amide bonds. The Bertz CT molecular complexity index is 286. The number of hydrogen-bond donors (Lipinski definition) is 0. The average Bonchev–Trinajstić information content (AvgIpc) is 2.24. The summed E-state index contributed by atoms with van der Waals surface area (Å²) in [5.41, 5.74) is 4.92. The van der Waals surface area contributed by atoms with Crippen LogP contribution in [0.4, 0.5) is 0 Å². The van der Waals surface area contributed by atoms with Gasteiger partial charge in [-0.15, -0.1) is 0 Å². The summed E-state index contributed by atoms with van der Waals surface area (Å²) in [7, 11) is 0. The quantitative estimate of drug-likeness (QED) is 0.583. The molecule has 0 spiro atoms. The van der Waals surface area contributed by atoms with Crippen LogP contribution in [0.3, 0.4) is 0 Å². The van der Waals surface area contributed by atoms with Gasteiger partial charge in [0.15, 0.2) is 0 Å². The van der Waals surface area contributed by atoms with Gasteiger partial charge in [0.2, 0.25) is 0 Å². The minimum Gasteiger partial charge on any atom is -0.0984 e. The van der Waals surface area contributed by atoms with E-state index in [4.69, 9.17) is 0 Å². The Labute approximate surface area is 103 Å². The van der Waals surface area contributed by atoms with Gasteiger partial charge in [0, 0.05) is 0 Å². The van der Waals surface area contributed by atoms with Crippen LogP contribution >= 0.6 is 0 Å². The van der Waals surface area contributed by atoms with E-state index in [0.717, 1.165) is 11.1 Å². The van der Waals surface area contributed by atoms with Crippen LogP contribution in [0, 0.1) is 13.8 Å². The van der Waals surface area contributed by atoms with Gasteiger partial charge in [-0.3, -0.25) is 0 Å². The first-order valence-electron chi connectivity index (χ1n) is 5.05. The summed E-state index contributed by atoms with van der Waals surface area (Å²) in [4.78, 5) is 0. The molecule has 0 radical (unpaired) electrons. The fourth-order valence-electron chi connectivity index (χ4n) is 1.21. The molecule has 0 saturated heterocycles. The lowest BCUT2D eigenvalue weighted by Gasteiger charge is -2.05. The molecular weight excluding hydrogens is 192 g/mol. The maximum Gasteiger partial charge on any atom is -0.0187 e. The number of aryl methyl sites for hydroxylation is 2. The molecule has 1 rings (SSSR count). The number of hydrogen-bond acceptors (Lipinski definition) is 0. The number of rotatable bonds is 2. The van der Waals surface area contributed by atoms with Crippen LogP contribution in [0.1, 0.15) is 51.0 Å². The van der Waals surface area contributed by atoms with Crippen molar-refractivity contribution in [1.29, 1.82) is 0 Å². The van der Waals surface area contributed by atoms with E-state index in [1.807, 2.05) is 26.0 Å². The van der Waals surface area contributed by atoms with E-state index >= 15 is 0 Å². The molecule has 1 aromatic carbocycles. The molecule has 0 nitrogen and oxygen atoms in total. The van der Waals surface area contributed by atoms with Crippen LogP contribution in [0.5, 0.6) is 0 Å². The summed E-state index contributed by atoms with van der Waals surface area (Å²) in [6.45, 7) is 15.7. The largest absolute Gasteiger partial charge is 0.0984 e. The van der Waals surface area contributed by atoms with Crippen LogP contribution in [0.2, 0.25) is 0 Å². The molecule has 0 fully saturated rings. The van der Waals surface area contributed by atoms with Gasteiger partial charge in [-0.1, -0.05) is 66.1 Å². The Balaban J connectivity index is -0.000000399. The van der Waals surface area contributed by atoms with Gasteiger partial charge >= 0.3 is 0 Å². The summed E-state index contributed by atoms with van der Waals surface area (Å²) in [6.07, 6.45) is 3.73. The zero-order chi connectivity index (χ0) is 11.1. The standard InChI is InChI=1S/C12H14.C2H6.2CH4/c1-5-11-7-9(3)10(4)8-12(11)6-2;1-2;;/h5-8H,1-2H2,3-4H3;1-2H3;2*1H4. The molecule has 0 aliphatic carbocycles. The molecule has 0 heterocycles. The molecule has 0 unspecified atom stereocenters. The Morgan fingerprint density at radius 3 is 1.25 bits per heavy atom. The summed E-state index contributed by atoms with van der Waals surface area (Å²) >= 11 is 0. The molecule has 0 aliphatic rings. The van der Waals surface area contributed by atoms with Crippen LogP contribution in [-0.2, 0) is 0 Å². The summed E-state index contributed by atoms with van der Waals surface area (Å²) in [5.74, 6) is 0. The molecule has 0 atom stereocenters. The highest BCUT2D eigenvalue weighted by Crippen LogP contribution is 2.17. The van der Waals surface area contributed by atoms with E-state index in [1.54, 1.807) is 0 Å². The van der Waals surface area contributed by atoms with Crippen molar-refractivity contribution in [2.45, 2.75) is 42.5 Å². The van der Waals surface area contributed by atoms with Gasteiger partial charge in [0.05, 0.1) is 0 Å². The van der Waals surface area contributed by atoms with Crippen molar-refractivity contribution < 1.29 is 0 Å². The second kappa shape index (κ2) is 10.2. The van der Waals surface area contributed by atoms with Crippen molar-refractivity contribution in [2.75, 3.05) is 0 Å². The van der Waals surface area contributed by atoms with Crippen molar-refractivity contribution in [3.63, 3.8) is 0 Å². The molecule has 92 valence electrons. The van der Waals surface area contributed by atoms with Crippen LogP contribution < -0.4 is 0 Å². The lowest BCUT2D eigenvalue weighted by molar-refractivity contribution is 1.33. The van der Waals surface area contributed by atoms with E-state index in [2.05, 4.69) is 39.1 Å². The maximum absolute atomic E-state index is 3.76. The van der Waals surface area contributed by atoms with E-state index < -0.39 is 0 Å². The fraction of sp³-hybridized carbons (Fsp3) is 0.375. The summed E-state index contributed by atoms with van der Waals surface area (Å²) in [6, 6.07) is 4.28. The lowest BCUT2D eigenvalue weighted by Crippen LogP contribution is -1.86. The third-order valence-corrected chi connectivity index (χ3v) is 2.14. The molecule has 0 heteroatoms. The van der Waals surface area contributed by atoms with Crippen molar-refractivity contribution in [2.24, 2.45) is 0 Å². The van der Waals surface area contributed by atoms with Gasteiger partial charge in [-0.2, -0.15) is 0 Å². The number of benzene rings is 1. The van der Waals surface area contributed by atoms with E-state index in [0.29, 0.717) is 0 Å². The van der Waals surface area contributed by atoms with E-state index in [1.165, 1.54) is 11.1 Å². The van der Waals surface area contributed by atoms with Crippen LogP contribution in [0.15, 0.2) is 25.3 Å². The highest BCUT2D eigenvalue weighted by Gasteiger charge is 1.98. The molecule has 1 aromatic rings. The Morgan fingerprint density at radius 1 is 0.812 bits per heavy atom. The maximum atomic E-state index is 3.76. The van der Waals surface area contributed by atoms with Gasteiger partial charge in [0.25, 0.3) is 0 Å². The predicted molar refractivity (Wildman–Crippen MR) is 80.9 cm³/mol. The topological polar surface area (TPSA) is 0 Å². The monoisotopic (exact) mass is 220 g/mol. The second-order valence-corrected chi connectivity index (χ2v) is 2.97. The van der Waals surface area contributed by atoms with Crippen LogP contribution in [0.25, 0.3) is 12.2 Å². The van der Waals surface area contributed by atoms with Gasteiger partial charge < -0.3 is 0 Å². The molecule has 16 heavy (non-hydrogen) atoms. The lowest BCUT2D eigenvalue weighted by atomic mass is 10.00. The van der Waals surface area contributed by atoms with E-state index in [-0.39, 0.29) is 14.9 Å². The Kier molecular flexibility index (Phi) is 12.9. The van der Waals surface area contributed by atoms with E-state index in [9.17, 15) is 0 Å². The first kappa shape index (κ1) is 20.2. The highest BCUT2D eigenvalue weighted by molar-refractivity contribution is 5.65. The minimum absolute atomic E-state index is 0. The molecule has 0 saturated carbocycles. The smallest absolute Gasteiger partial charge is 0.0187 e. The Hall–Kier alpha value is -1.30. The van der Waals surface area contributed by atoms with Crippen LogP contribution in [-0.4, -0.2) is 0 Å². The summed E-state index contributed by atoms with van der Waals surface area (Å²) < 4.78 is 0. The second-order valence-electron chi connectivity index (χ2n) is 2.97. The average molecular weight is 220 g/mol. The zero-order valence-corrected chi connectivity index (χ0v) is 9.72. The third-order valence-electron chi connectivity index (χ3n) is 2.14. The first-order valence-corrected chi connectivity index (χ1v) is 5.05. The third kappa shape index (κ3) is 4.97. The zero-order valence-electron chi connectivity index (χ0n) is 9.72. The molecule has 0 aromatic heterocycles.